The first-order valence-electron chi connectivity index (χ1n) is 6.35. The van der Waals surface area contributed by atoms with E-state index in [0.717, 1.165) is 10.2 Å². The van der Waals surface area contributed by atoms with E-state index < -0.39 is 0 Å². The molecule has 1 atom stereocenters. The summed E-state index contributed by atoms with van der Waals surface area (Å²) >= 11 is 3.39. The highest BCUT2D eigenvalue weighted by molar-refractivity contribution is 9.10. The summed E-state index contributed by atoms with van der Waals surface area (Å²) in [5.41, 5.74) is 6.69. The van der Waals surface area contributed by atoms with Gasteiger partial charge in [0.15, 0.2) is 0 Å². The molecule has 0 saturated carbocycles. The van der Waals surface area contributed by atoms with E-state index in [1.807, 2.05) is 4.90 Å². The van der Waals surface area contributed by atoms with Crippen LogP contribution in [-0.2, 0) is 4.79 Å². The zero-order valence-corrected chi connectivity index (χ0v) is 12.2. The molecule has 1 saturated heterocycles. The zero-order chi connectivity index (χ0) is 14.3. The minimum absolute atomic E-state index is 0.173. The van der Waals surface area contributed by atoms with Crippen molar-refractivity contribution in [2.24, 2.45) is 11.7 Å². The Labute approximate surface area is 123 Å². The van der Waals surface area contributed by atoms with Gasteiger partial charge in [0.2, 0.25) is 5.91 Å². The van der Waals surface area contributed by atoms with Crippen LogP contribution in [0.15, 0.2) is 28.9 Å². The number of benzene rings is 1. The van der Waals surface area contributed by atoms with Crippen LogP contribution in [-0.4, -0.2) is 24.0 Å². The van der Waals surface area contributed by atoms with Gasteiger partial charge in [0.05, 0.1) is 22.5 Å². The molecular weight excluding hydrogens is 325 g/mol. The minimum Gasteiger partial charge on any atom is -0.370 e. The summed E-state index contributed by atoms with van der Waals surface area (Å²) in [4.78, 5) is 17.5. The monoisotopic (exact) mass is 337 g/mol. The third-order valence-corrected chi connectivity index (χ3v) is 4.34. The van der Waals surface area contributed by atoms with E-state index in [9.17, 15) is 9.18 Å². The molecular formula is C14H13BrFN3O. The maximum atomic E-state index is 14.2. The lowest BCUT2D eigenvalue weighted by Gasteiger charge is -2.20. The Hall–Kier alpha value is -1.69. The van der Waals surface area contributed by atoms with Gasteiger partial charge < -0.3 is 10.6 Å². The van der Waals surface area contributed by atoms with E-state index in [4.69, 9.17) is 5.73 Å². The maximum absolute atomic E-state index is 14.2. The second-order valence-electron chi connectivity index (χ2n) is 4.92. The van der Waals surface area contributed by atoms with Crippen LogP contribution in [0, 0.1) is 11.7 Å². The number of hydrogen-bond acceptors (Lipinski definition) is 3. The first-order chi connectivity index (χ1) is 9.58. The summed E-state index contributed by atoms with van der Waals surface area (Å²) in [6.07, 6.45) is 2.36. The summed E-state index contributed by atoms with van der Waals surface area (Å²) in [6.45, 7) is 1.22. The van der Waals surface area contributed by atoms with Gasteiger partial charge in [0.25, 0.3) is 0 Å². The van der Waals surface area contributed by atoms with Crippen LogP contribution in [0.5, 0.6) is 0 Å². The van der Waals surface area contributed by atoms with Crippen molar-refractivity contribution in [3.05, 3.63) is 34.7 Å². The molecule has 0 radical (unpaired) electrons. The van der Waals surface area contributed by atoms with E-state index in [2.05, 4.69) is 20.9 Å². The van der Waals surface area contributed by atoms with Crippen molar-refractivity contribution in [2.75, 3.05) is 18.0 Å². The Bertz CT molecular complexity index is 691. The molecule has 3 rings (SSSR count). The number of carbonyl (C=O) groups is 1. The molecule has 0 aliphatic carbocycles. The molecule has 4 nitrogen and oxygen atoms in total. The van der Waals surface area contributed by atoms with Crippen LogP contribution in [0.2, 0.25) is 0 Å². The van der Waals surface area contributed by atoms with Gasteiger partial charge in [-0.1, -0.05) is 0 Å². The lowest BCUT2D eigenvalue weighted by molar-refractivity contribution is -0.121. The van der Waals surface area contributed by atoms with Crippen molar-refractivity contribution >= 4 is 38.4 Å². The second-order valence-corrected chi connectivity index (χ2v) is 5.77. The predicted molar refractivity (Wildman–Crippen MR) is 78.9 cm³/mol. The fraction of sp³-hybridized carbons (Fsp3) is 0.286. The molecule has 0 unspecified atom stereocenters. The molecule has 104 valence electrons. The first-order valence-corrected chi connectivity index (χ1v) is 7.14. The molecule has 6 heteroatoms. The highest BCUT2D eigenvalue weighted by atomic mass is 79.9. The Morgan fingerprint density at radius 1 is 1.45 bits per heavy atom. The Kier molecular flexibility index (Phi) is 3.33. The van der Waals surface area contributed by atoms with Crippen molar-refractivity contribution in [3.63, 3.8) is 0 Å². The topological polar surface area (TPSA) is 59.2 Å². The average Bonchev–Trinajstić information content (AvgIpc) is 2.92. The van der Waals surface area contributed by atoms with Crippen LogP contribution >= 0.6 is 15.9 Å². The molecule has 1 aliphatic heterocycles. The molecule has 20 heavy (non-hydrogen) atoms. The fourth-order valence-electron chi connectivity index (χ4n) is 2.65. The molecule has 1 fully saturated rings. The number of rotatable bonds is 2. The van der Waals surface area contributed by atoms with E-state index in [0.29, 0.717) is 30.4 Å². The van der Waals surface area contributed by atoms with Crippen molar-refractivity contribution in [3.8, 4) is 0 Å². The lowest BCUT2D eigenvalue weighted by atomic mass is 10.1. The summed E-state index contributed by atoms with van der Waals surface area (Å²) in [5.74, 6) is -0.783. The quantitative estimate of drug-likeness (QED) is 0.915. The fourth-order valence-corrected chi connectivity index (χ4v) is 3.08. The summed E-state index contributed by atoms with van der Waals surface area (Å²) < 4.78 is 14.9. The Morgan fingerprint density at radius 2 is 2.25 bits per heavy atom. The summed E-state index contributed by atoms with van der Waals surface area (Å²) in [5, 5.41) is 0.479. The van der Waals surface area contributed by atoms with Crippen molar-refractivity contribution < 1.29 is 9.18 Å². The van der Waals surface area contributed by atoms with E-state index in [1.165, 1.54) is 6.07 Å². The van der Waals surface area contributed by atoms with Crippen LogP contribution in [0.1, 0.15) is 6.42 Å². The molecule has 1 aromatic carbocycles. The third kappa shape index (κ3) is 2.14. The van der Waals surface area contributed by atoms with Gasteiger partial charge in [-0.2, -0.15) is 0 Å². The van der Waals surface area contributed by atoms with Crippen molar-refractivity contribution in [2.45, 2.75) is 6.42 Å². The van der Waals surface area contributed by atoms with Gasteiger partial charge >= 0.3 is 0 Å². The third-order valence-electron chi connectivity index (χ3n) is 3.70. The lowest BCUT2D eigenvalue weighted by Crippen LogP contribution is -2.27. The number of carbonyl (C=O) groups excluding carboxylic acids is 1. The predicted octanol–water partition coefficient (Wildman–Crippen LogP) is 2.45. The zero-order valence-electron chi connectivity index (χ0n) is 10.6. The number of pyridine rings is 1. The average molecular weight is 338 g/mol. The molecule has 1 amide bonds. The number of hydrogen-bond donors (Lipinski definition) is 1. The van der Waals surface area contributed by atoms with Gasteiger partial charge in [0.1, 0.15) is 5.82 Å². The van der Waals surface area contributed by atoms with E-state index >= 15 is 0 Å². The number of primary amides is 1. The molecule has 2 N–H and O–H groups in total. The number of nitrogens with two attached hydrogens (primary N) is 1. The number of fused-ring (bicyclic) bond motifs is 1. The van der Waals surface area contributed by atoms with Gasteiger partial charge in [-0.25, -0.2) is 4.39 Å². The largest absolute Gasteiger partial charge is 0.370 e. The van der Waals surface area contributed by atoms with Crippen molar-refractivity contribution in [1.82, 2.24) is 4.98 Å². The number of nitrogens with zero attached hydrogens (tertiary/aromatic N) is 2. The van der Waals surface area contributed by atoms with Crippen molar-refractivity contribution in [1.29, 1.82) is 0 Å². The Balaban J connectivity index is 2.09. The normalized spacial score (nSPS) is 18.7. The smallest absolute Gasteiger partial charge is 0.222 e. The molecule has 2 aromatic rings. The highest BCUT2D eigenvalue weighted by Crippen LogP contribution is 2.34. The summed E-state index contributed by atoms with van der Waals surface area (Å²) in [7, 11) is 0. The van der Waals surface area contributed by atoms with Gasteiger partial charge in [-0.3, -0.25) is 9.78 Å². The molecule has 2 heterocycles. The number of halogens is 2. The number of anilines is 1. The minimum atomic E-state index is -0.311. The van der Waals surface area contributed by atoms with E-state index in [1.54, 1.807) is 18.3 Å². The molecule has 1 aromatic heterocycles. The van der Waals surface area contributed by atoms with Crippen LogP contribution in [0.25, 0.3) is 10.9 Å². The number of amides is 1. The first kappa shape index (κ1) is 13.3. The molecule has 1 aliphatic rings. The van der Waals surface area contributed by atoms with Gasteiger partial charge in [0, 0.05) is 23.8 Å². The SMILES string of the molecule is NC(=O)[C@H]1CCN(c2ccnc3c(Br)ccc(F)c23)C1. The maximum Gasteiger partial charge on any atom is 0.222 e. The molecule has 0 bridgehead atoms. The number of aromatic nitrogens is 1. The standard InChI is InChI=1S/C14H13BrFN3O/c15-9-1-2-10(16)12-11(3-5-18-13(9)12)19-6-4-8(7-19)14(17)20/h1-3,5,8H,4,6-7H2,(H2,17,20)/t8-/m0/s1. The van der Waals surface area contributed by atoms with Crippen LogP contribution < -0.4 is 10.6 Å². The van der Waals surface area contributed by atoms with Crippen LogP contribution in [0.4, 0.5) is 10.1 Å². The van der Waals surface area contributed by atoms with E-state index in [-0.39, 0.29) is 17.6 Å². The van der Waals surface area contributed by atoms with Gasteiger partial charge in [-0.15, -0.1) is 0 Å². The Morgan fingerprint density at radius 3 is 2.95 bits per heavy atom. The second kappa shape index (κ2) is 5.01. The highest BCUT2D eigenvalue weighted by Gasteiger charge is 2.28. The van der Waals surface area contributed by atoms with Gasteiger partial charge in [-0.05, 0) is 40.5 Å². The van der Waals surface area contributed by atoms with Crippen LogP contribution in [0.3, 0.4) is 0 Å². The summed E-state index contributed by atoms with van der Waals surface area (Å²) in [6, 6.07) is 4.84. The molecule has 0 spiro atoms.